The number of rotatable bonds is 6. The molecule has 29 heavy (non-hydrogen) atoms. The maximum Gasteiger partial charge on any atom is 0.255 e. The molecule has 1 aliphatic heterocycles. The maximum absolute atomic E-state index is 12.5. The van der Waals surface area contributed by atoms with Crippen LogP contribution in [0.2, 0.25) is 0 Å². The zero-order valence-electron chi connectivity index (χ0n) is 16.2. The van der Waals surface area contributed by atoms with Gasteiger partial charge in [0.15, 0.2) is 0 Å². The molecule has 0 saturated carbocycles. The fraction of sp³-hybridized carbons (Fsp3) is 0.333. The predicted molar refractivity (Wildman–Crippen MR) is 108 cm³/mol. The van der Waals surface area contributed by atoms with Gasteiger partial charge in [-0.1, -0.05) is 12.1 Å². The highest BCUT2D eigenvalue weighted by Crippen LogP contribution is 2.20. The Bertz CT molecular complexity index is 947. The summed E-state index contributed by atoms with van der Waals surface area (Å²) in [4.78, 5) is 13.9. The van der Waals surface area contributed by atoms with Gasteiger partial charge in [-0.3, -0.25) is 4.79 Å². The fourth-order valence-electron chi connectivity index (χ4n) is 3.14. The van der Waals surface area contributed by atoms with Gasteiger partial charge in [0.1, 0.15) is 12.4 Å². The number of anilines is 1. The summed E-state index contributed by atoms with van der Waals surface area (Å²) in [6.45, 7) is 1.37. The Morgan fingerprint density at radius 3 is 2.62 bits per heavy atom. The molecule has 1 N–H and O–H groups in total. The van der Waals surface area contributed by atoms with Gasteiger partial charge < -0.3 is 14.8 Å². The summed E-state index contributed by atoms with van der Waals surface area (Å²) < 4.78 is 11.5. The number of tetrazole rings is 1. The highest BCUT2D eigenvalue weighted by molar-refractivity contribution is 6.04. The van der Waals surface area contributed by atoms with E-state index in [1.165, 1.54) is 11.2 Å². The van der Waals surface area contributed by atoms with Crippen molar-refractivity contribution >= 4 is 11.6 Å². The third kappa shape index (κ3) is 4.97. The minimum Gasteiger partial charge on any atom is -0.491 e. The Hall–Kier alpha value is -3.26. The van der Waals surface area contributed by atoms with E-state index < -0.39 is 0 Å². The first kappa shape index (κ1) is 19.1. The molecule has 4 rings (SSSR count). The minimum atomic E-state index is -0.187. The number of benzene rings is 2. The number of aryl methyl sites for hydroxylation is 1. The van der Waals surface area contributed by atoms with Crippen molar-refractivity contribution in [3.05, 3.63) is 54.1 Å². The van der Waals surface area contributed by atoms with Crippen molar-refractivity contribution in [2.24, 2.45) is 7.05 Å². The first-order valence-electron chi connectivity index (χ1n) is 9.67. The lowest BCUT2D eigenvalue weighted by atomic mass is 10.1. The van der Waals surface area contributed by atoms with Crippen LogP contribution in [0.5, 0.6) is 5.75 Å². The molecule has 2 heterocycles. The van der Waals surface area contributed by atoms with Gasteiger partial charge >= 0.3 is 0 Å². The van der Waals surface area contributed by atoms with Gasteiger partial charge in [-0.25, -0.2) is 0 Å². The van der Waals surface area contributed by atoms with Crippen LogP contribution in [0.4, 0.5) is 5.69 Å². The number of carbonyl (C=O) groups excluding carboxylic acids is 1. The molecule has 2 aromatic carbocycles. The molecule has 1 amide bonds. The molecule has 0 radical (unpaired) electrons. The van der Waals surface area contributed by atoms with E-state index >= 15 is 0 Å². The van der Waals surface area contributed by atoms with Gasteiger partial charge in [-0.15, -0.1) is 10.2 Å². The zero-order valence-corrected chi connectivity index (χ0v) is 16.2. The van der Waals surface area contributed by atoms with E-state index in [4.69, 9.17) is 9.47 Å². The third-order valence-electron chi connectivity index (χ3n) is 4.74. The fourth-order valence-corrected chi connectivity index (χ4v) is 3.14. The van der Waals surface area contributed by atoms with Crippen LogP contribution in [-0.2, 0) is 11.8 Å². The van der Waals surface area contributed by atoms with Crippen LogP contribution < -0.4 is 10.1 Å². The summed E-state index contributed by atoms with van der Waals surface area (Å²) in [5, 5.41) is 14.8. The summed E-state index contributed by atoms with van der Waals surface area (Å²) in [5.74, 6) is 1.10. The molecule has 150 valence electrons. The standard InChI is InChI=1S/C21H23N5O3/c1-26-24-20(23-25-26)15-5-7-16(8-6-15)21(27)22-17-9-11-18(12-10-17)29-14-19-4-2-3-13-28-19/h5-12,19H,2-4,13-14H2,1H3,(H,22,27). The zero-order chi connectivity index (χ0) is 20.1. The van der Waals surface area contributed by atoms with Crippen molar-refractivity contribution in [3.8, 4) is 17.1 Å². The van der Waals surface area contributed by atoms with Crippen LogP contribution in [0.1, 0.15) is 29.6 Å². The van der Waals surface area contributed by atoms with Gasteiger partial charge in [-0.2, -0.15) is 4.80 Å². The van der Waals surface area contributed by atoms with Crippen LogP contribution in [0.25, 0.3) is 11.4 Å². The number of aromatic nitrogens is 4. The smallest absolute Gasteiger partial charge is 0.255 e. The first-order valence-corrected chi connectivity index (χ1v) is 9.67. The number of nitrogens with zero attached hydrogens (tertiary/aromatic N) is 4. The van der Waals surface area contributed by atoms with Gasteiger partial charge in [0.25, 0.3) is 5.91 Å². The quantitative estimate of drug-likeness (QED) is 0.692. The molecule has 8 nitrogen and oxygen atoms in total. The number of ether oxygens (including phenoxy) is 2. The number of amides is 1. The van der Waals surface area contributed by atoms with E-state index in [9.17, 15) is 4.79 Å². The Morgan fingerprint density at radius 2 is 1.97 bits per heavy atom. The van der Waals surface area contributed by atoms with Crippen molar-refractivity contribution in [2.75, 3.05) is 18.5 Å². The summed E-state index contributed by atoms with van der Waals surface area (Å²) >= 11 is 0. The van der Waals surface area contributed by atoms with E-state index in [-0.39, 0.29) is 12.0 Å². The third-order valence-corrected chi connectivity index (χ3v) is 4.74. The summed E-state index contributed by atoms with van der Waals surface area (Å²) in [6, 6.07) is 14.4. The number of hydrogen-bond donors (Lipinski definition) is 1. The molecule has 8 heteroatoms. The largest absolute Gasteiger partial charge is 0.491 e. The van der Waals surface area contributed by atoms with Crippen molar-refractivity contribution in [2.45, 2.75) is 25.4 Å². The number of hydrogen-bond acceptors (Lipinski definition) is 6. The lowest BCUT2D eigenvalue weighted by molar-refractivity contribution is -0.0110. The number of carbonyl (C=O) groups is 1. The SMILES string of the molecule is Cn1nnc(-c2ccc(C(=O)Nc3ccc(OCC4CCCCO4)cc3)cc2)n1. The van der Waals surface area contributed by atoms with E-state index in [1.54, 1.807) is 31.3 Å². The second kappa shape index (κ2) is 8.83. The van der Waals surface area contributed by atoms with E-state index in [0.717, 1.165) is 30.8 Å². The van der Waals surface area contributed by atoms with Crippen molar-refractivity contribution < 1.29 is 14.3 Å². The number of nitrogens with one attached hydrogen (secondary N) is 1. The highest BCUT2D eigenvalue weighted by atomic mass is 16.5. The molecular formula is C21H23N5O3. The van der Waals surface area contributed by atoms with Crippen LogP contribution in [0.3, 0.4) is 0 Å². The van der Waals surface area contributed by atoms with Gasteiger partial charge in [0.05, 0.1) is 13.2 Å². The molecule has 0 spiro atoms. The van der Waals surface area contributed by atoms with E-state index in [0.29, 0.717) is 23.7 Å². The lowest BCUT2D eigenvalue weighted by Gasteiger charge is -2.22. The summed E-state index contributed by atoms with van der Waals surface area (Å²) in [5.41, 5.74) is 2.06. The molecule has 1 aromatic heterocycles. The van der Waals surface area contributed by atoms with Gasteiger partial charge in [0, 0.05) is 23.4 Å². The molecular weight excluding hydrogens is 370 g/mol. The van der Waals surface area contributed by atoms with E-state index in [2.05, 4.69) is 20.7 Å². The Balaban J connectivity index is 1.32. The predicted octanol–water partition coefficient (Wildman–Crippen LogP) is 3.08. The molecule has 1 aliphatic rings. The molecule has 1 atom stereocenters. The van der Waals surface area contributed by atoms with Crippen molar-refractivity contribution in [3.63, 3.8) is 0 Å². The van der Waals surface area contributed by atoms with E-state index in [1.807, 2.05) is 24.3 Å². The van der Waals surface area contributed by atoms with Crippen molar-refractivity contribution in [1.82, 2.24) is 20.2 Å². The summed E-state index contributed by atoms with van der Waals surface area (Å²) in [6.07, 6.45) is 3.53. The minimum absolute atomic E-state index is 0.170. The topological polar surface area (TPSA) is 91.2 Å². The van der Waals surface area contributed by atoms with Gasteiger partial charge in [-0.05, 0) is 60.9 Å². The lowest BCUT2D eigenvalue weighted by Crippen LogP contribution is -2.25. The monoisotopic (exact) mass is 393 g/mol. The van der Waals surface area contributed by atoms with Crippen LogP contribution >= 0.6 is 0 Å². The Labute approximate surface area is 168 Å². The van der Waals surface area contributed by atoms with Crippen LogP contribution in [0.15, 0.2) is 48.5 Å². The molecule has 0 bridgehead atoms. The maximum atomic E-state index is 12.5. The van der Waals surface area contributed by atoms with Crippen molar-refractivity contribution in [1.29, 1.82) is 0 Å². The van der Waals surface area contributed by atoms with Crippen LogP contribution in [0, 0.1) is 0 Å². The molecule has 1 saturated heterocycles. The summed E-state index contributed by atoms with van der Waals surface area (Å²) in [7, 11) is 1.71. The molecule has 3 aromatic rings. The Morgan fingerprint density at radius 1 is 1.17 bits per heavy atom. The second-order valence-corrected chi connectivity index (χ2v) is 6.96. The average molecular weight is 393 g/mol. The Kier molecular flexibility index (Phi) is 5.81. The molecule has 1 fully saturated rings. The second-order valence-electron chi connectivity index (χ2n) is 6.96. The van der Waals surface area contributed by atoms with Crippen LogP contribution in [-0.4, -0.2) is 45.4 Å². The normalized spacial score (nSPS) is 16.4. The average Bonchev–Trinajstić information content (AvgIpc) is 3.20. The highest BCUT2D eigenvalue weighted by Gasteiger charge is 2.14. The first-order chi connectivity index (χ1) is 14.2. The molecule has 0 aliphatic carbocycles. The van der Waals surface area contributed by atoms with Gasteiger partial charge in [0.2, 0.25) is 5.82 Å². The molecule has 1 unspecified atom stereocenters.